The van der Waals surface area contributed by atoms with Crippen molar-refractivity contribution in [2.75, 3.05) is 6.61 Å². The highest BCUT2D eigenvalue weighted by Gasteiger charge is 2.33. The topological polar surface area (TPSA) is 49.3 Å². The second-order valence-electron chi connectivity index (χ2n) is 4.99. The van der Waals surface area contributed by atoms with Crippen LogP contribution < -0.4 is 5.32 Å². The molecule has 1 aromatic rings. The third-order valence-corrected chi connectivity index (χ3v) is 4.29. The zero-order chi connectivity index (χ0) is 13.7. The summed E-state index contributed by atoms with van der Waals surface area (Å²) in [5.74, 6) is -0.147. The number of carbonyl (C=O) groups is 1. The van der Waals surface area contributed by atoms with Crippen LogP contribution in [0.1, 0.15) is 31.2 Å². The third-order valence-electron chi connectivity index (χ3n) is 3.57. The summed E-state index contributed by atoms with van der Waals surface area (Å²) in [7, 11) is 0. The van der Waals surface area contributed by atoms with Crippen molar-refractivity contribution in [2.45, 2.75) is 31.2 Å². The molecule has 0 heterocycles. The van der Waals surface area contributed by atoms with Gasteiger partial charge in [0.15, 0.2) is 0 Å². The smallest absolute Gasteiger partial charge is 0.244 e. The van der Waals surface area contributed by atoms with E-state index in [1.807, 2.05) is 24.3 Å². The molecule has 0 spiro atoms. The van der Waals surface area contributed by atoms with Gasteiger partial charge in [0, 0.05) is 10.5 Å². The Morgan fingerprint density at radius 3 is 2.68 bits per heavy atom. The lowest BCUT2D eigenvalue weighted by atomic mass is 9.99. The molecular formula is C15H18BrNO2. The summed E-state index contributed by atoms with van der Waals surface area (Å²) < 4.78 is 0.955. The van der Waals surface area contributed by atoms with Crippen molar-refractivity contribution >= 4 is 27.9 Å². The number of hydrogen-bond acceptors (Lipinski definition) is 2. The Kier molecular flexibility index (Phi) is 4.77. The van der Waals surface area contributed by atoms with Crippen molar-refractivity contribution in [3.63, 3.8) is 0 Å². The van der Waals surface area contributed by atoms with Crippen LogP contribution in [0, 0.1) is 0 Å². The van der Waals surface area contributed by atoms with Crippen LogP contribution >= 0.6 is 15.9 Å². The molecule has 2 N–H and O–H groups in total. The number of hydrogen-bond donors (Lipinski definition) is 2. The molecule has 1 aliphatic rings. The molecule has 0 unspecified atom stereocenters. The van der Waals surface area contributed by atoms with E-state index in [4.69, 9.17) is 0 Å². The van der Waals surface area contributed by atoms with E-state index in [-0.39, 0.29) is 12.5 Å². The molecule has 4 heteroatoms. The molecule has 0 radical (unpaired) electrons. The van der Waals surface area contributed by atoms with Crippen LogP contribution in [0.5, 0.6) is 0 Å². The molecule has 2 rings (SSSR count). The van der Waals surface area contributed by atoms with Crippen molar-refractivity contribution in [2.24, 2.45) is 0 Å². The molecule has 0 atom stereocenters. The Bertz CT molecular complexity index is 479. The van der Waals surface area contributed by atoms with Gasteiger partial charge in [0.2, 0.25) is 5.91 Å². The molecule has 1 aliphatic carbocycles. The van der Waals surface area contributed by atoms with Gasteiger partial charge in [0.05, 0.1) is 12.1 Å². The van der Waals surface area contributed by atoms with Crippen LogP contribution in [0.2, 0.25) is 0 Å². The van der Waals surface area contributed by atoms with E-state index in [2.05, 4.69) is 21.2 Å². The van der Waals surface area contributed by atoms with Crippen LogP contribution in [-0.4, -0.2) is 23.2 Å². The second-order valence-corrected chi connectivity index (χ2v) is 5.84. The fraction of sp³-hybridized carbons (Fsp3) is 0.400. The molecule has 3 nitrogen and oxygen atoms in total. The summed E-state index contributed by atoms with van der Waals surface area (Å²) in [5, 5.41) is 12.4. The van der Waals surface area contributed by atoms with Gasteiger partial charge < -0.3 is 10.4 Å². The summed E-state index contributed by atoms with van der Waals surface area (Å²) in [6, 6.07) is 7.73. The van der Waals surface area contributed by atoms with Crippen molar-refractivity contribution in [1.82, 2.24) is 5.32 Å². The monoisotopic (exact) mass is 323 g/mol. The highest BCUT2D eigenvalue weighted by molar-refractivity contribution is 9.10. The summed E-state index contributed by atoms with van der Waals surface area (Å²) in [5.41, 5.74) is 0.553. The largest absolute Gasteiger partial charge is 0.394 e. The van der Waals surface area contributed by atoms with Crippen molar-refractivity contribution in [1.29, 1.82) is 0 Å². The fourth-order valence-corrected chi connectivity index (χ4v) is 2.87. The maximum absolute atomic E-state index is 11.9. The molecule has 0 aliphatic heterocycles. The molecular weight excluding hydrogens is 306 g/mol. The Labute approximate surface area is 121 Å². The molecule has 19 heavy (non-hydrogen) atoms. The van der Waals surface area contributed by atoms with Crippen LogP contribution in [0.4, 0.5) is 0 Å². The van der Waals surface area contributed by atoms with Gasteiger partial charge in [-0.25, -0.2) is 0 Å². The third kappa shape index (κ3) is 3.67. The Morgan fingerprint density at radius 1 is 1.37 bits per heavy atom. The maximum atomic E-state index is 11.9. The van der Waals surface area contributed by atoms with Crippen molar-refractivity contribution in [3.8, 4) is 0 Å². The highest BCUT2D eigenvalue weighted by Crippen LogP contribution is 2.29. The SMILES string of the molecule is O=C(C=Cc1ccccc1Br)NC1(CO)CCCC1. The zero-order valence-electron chi connectivity index (χ0n) is 10.7. The van der Waals surface area contributed by atoms with Gasteiger partial charge in [-0.3, -0.25) is 4.79 Å². The summed E-state index contributed by atoms with van der Waals surface area (Å²) in [6.07, 6.45) is 7.15. The normalized spacial score (nSPS) is 17.8. The Balaban J connectivity index is 2.00. The number of amides is 1. The summed E-state index contributed by atoms with van der Waals surface area (Å²) >= 11 is 3.44. The fourth-order valence-electron chi connectivity index (χ4n) is 2.45. The first-order valence-electron chi connectivity index (χ1n) is 6.51. The minimum absolute atomic E-state index is 0.0155. The Hall–Kier alpha value is -1.13. The average molecular weight is 324 g/mol. The van der Waals surface area contributed by atoms with E-state index in [1.54, 1.807) is 6.08 Å². The molecule has 1 saturated carbocycles. The van der Waals surface area contributed by atoms with Gasteiger partial charge in [-0.15, -0.1) is 0 Å². The molecule has 1 aromatic carbocycles. The first-order valence-corrected chi connectivity index (χ1v) is 7.30. The molecule has 1 amide bonds. The van der Waals surface area contributed by atoms with Gasteiger partial charge in [0.25, 0.3) is 0 Å². The highest BCUT2D eigenvalue weighted by atomic mass is 79.9. The molecule has 0 bridgehead atoms. The van der Waals surface area contributed by atoms with E-state index in [0.29, 0.717) is 0 Å². The lowest BCUT2D eigenvalue weighted by Gasteiger charge is -2.27. The van der Waals surface area contributed by atoms with E-state index in [1.165, 1.54) is 6.08 Å². The van der Waals surface area contributed by atoms with Crippen LogP contribution in [0.3, 0.4) is 0 Å². The average Bonchev–Trinajstić information content (AvgIpc) is 2.87. The minimum Gasteiger partial charge on any atom is -0.394 e. The number of rotatable bonds is 4. The van der Waals surface area contributed by atoms with Gasteiger partial charge >= 0.3 is 0 Å². The molecule has 0 aromatic heterocycles. The van der Waals surface area contributed by atoms with E-state index >= 15 is 0 Å². The minimum atomic E-state index is -0.407. The number of carbonyl (C=O) groups excluding carboxylic acids is 1. The lowest BCUT2D eigenvalue weighted by Crippen LogP contribution is -2.48. The number of benzene rings is 1. The first-order chi connectivity index (χ1) is 9.15. The number of nitrogens with one attached hydrogen (secondary N) is 1. The van der Waals surface area contributed by atoms with E-state index < -0.39 is 5.54 Å². The van der Waals surface area contributed by atoms with Crippen molar-refractivity contribution in [3.05, 3.63) is 40.4 Å². The molecule has 1 fully saturated rings. The van der Waals surface area contributed by atoms with Gasteiger partial charge in [-0.1, -0.05) is 47.0 Å². The standard InChI is InChI=1S/C15H18BrNO2/c16-13-6-2-1-5-12(13)7-8-14(19)17-15(11-18)9-3-4-10-15/h1-2,5-8,18H,3-4,9-11H2,(H,17,19). The van der Waals surface area contributed by atoms with Gasteiger partial charge in [0.1, 0.15) is 0 Å². The van der Waals surface area contributed by atoms with Gasteiger partial charge in [-0.05, 0) is 30.5 Å². The van der Waals surface area contributed by atoms with Crippen molar-refractivity contribution < 1.29 is 9.90 Å². The van der Waals surface area contributed by atoms with Crippen LogP contribution in [-0.2, 0) is 4.79 Å². The number of aliphatic hydroxyl groups is 1. The van der Waals surface area contributed by atoms with Gasteiger partial charge in [-0.2, -0.15) is 0 Å². The quantitative estimate of drug-likeness (QED) is 0.837. The van der Waals surface area contributed by atoms with Crippen LogP contribution in [0.25, 0.3) is 6.08 Å². The number of halogens is 1. The van der Waals surface area contributed by atoms with Crippen LogP contribution in [0.15, 0.2) is 34.8 Å². The predicted molar refractivity (Wildman–Crippen MR) is 79.6 cm³/mol. The predicted octanol–water partition coefficient (Wildman–Crippen LogP) is 2.88. The molecule has 102 valence electrons. The zero-order valence-corrected chi connectivity index (χ0v) is 12.3. The second kappa shape index (κ2) is 6.35. The summed E-state index contributed by atoms with van der Waals surface area (Å²) in [4.78, 5) is 11.9. The maximum Gasteiger partial charge on any atom is 0.244 e. The number of aliphatic hydroxyl groups excluding tert-OH is 1. The Morgan fingerprint density at radius 2 is 2.05 bits per heavy atom. The summed E-state index contributed by atoms with van der Waals surface area (Å²) in [6.45, 7) is 0.0155. The van der Waals surface area contributed by atoms with E-state index in [0.717, 1.165) is 35.7 Å². The lowest BCUT2D eigenvalue weighted by molar-refractivity contribution is -0.118. The van der Waals surface area contributed by atoms with E-state index in [9.17, 15) is 9.90 Å². The molecule has 0 saturated heterocycles. The first kappa shape index (κ1) is 14.3.